The lowest BCUT2D eigenvalue weighted by Gasteiger charge is -2.09. The van der Waals surface area contributed by atoms with Crippen LogP contribution in [-0.4, -0.2) is 10.9 Å². The summed E-state index contributed by atoms with van der Waals surface area (Å²) in [6, 6.07) is 11.2. The van der Waals surface area contributed by atoms with Crippen LogP contribution >= 0.6 is 12.2 Å². The maximum Gasteiger partial charge on any atom is 0.255 e. The van der Waals surface area contributed by atoms with Gasteiger partial charge in [-0.05, 0) is 31.2 Å². The van der Waals surface area contributed by atoms with Gasteiger partial charge in [-0.2, -0.15) is 0 Å². The summed E-state index contributed by atoms with van der Waals surface area (Å²) in [5.41, 5.74) is 7.39. The number of anilines is 1. The Balaban J connectivity index is 2.26. The van der Waals surface area contributed by atoms with Crippen molar-refractivity contribution >= 4 is 28.8 Å². The molecule has 0 heterocycles. The van der Waals surface area contributed by atoms with Crippen LogP contribution in [0.3, 0.4) is 0 Å². The minimum atomic E-state index is -0.361. The fourth-order valence-electron chi connectivity index (χ4n) is 1.75. The lowest BCUT2D eigenvalue weighted by molar-refractivity contribution is 0.102. The highest BCUT2D eigenvalue weighted by atomic mass is 32.1. The summed E-state index contributed by atoms with van der Waals surface area (Å²) in [4.78, 5) is 12.4. The van der Waals surface area contributed by atoms with Crippen molar-refractivity contribution in [1.82, 2.24) is 0 Å². The van der Waals surface area contributed by atoms with E-state index in [-0.39, 0.29) is 16.7 Å². The van der Waals surface area contributed by atoms with Crippen molar-refractivity contribution < 1.29 is 9.18 Å². The van der Waals surface area contributed by atoms with Crippen LogP contribution in [0.2, 0.25) is 0 Å². The van der Waals surface area contributed by atoms with Crippen molar-refractivity contribution in [3.63, 3.8) is 0 Å². The minimum absolute atomic E-state index is 0.224. The molecule has 0 radical (unpaired) electrons. The summed E-state index contributed by atoms with van der Waals surface area (Å²) in [6.07, 6.45) is 0. The normalized spacial score (nSPS) is 10.1. The van der Waals surface area contributed by atoms with Crippen LogP contribution in [0.4, 0.5) is 10.1 Å². The van der Waals surface area contributed by atoms with E-state index in [1.807, 2.05) is 0 Å². The van der Waals surface area contributed by atoms with Crippen LogP contribution in [-0.2, 0) is 0 Å². The molecule has 0 aliphatic heterocycles. The van der Waals surface area contributed by atoms with Crippen LogP contribution in [0.5, 0.6) is 0 Å². The quantitative estimate of drug-likeness (QED) is 0.854. The molecule has 0 aliphatic rings. The molecule has 0 fully saturated rings. The van der Waals surface area contributed by atoms with E-state index in [0.29, 0.717) is 22.4 Å². The van der Waals surface area contributed by atoms with Gasteiger partial charge in [0.25, 0.3) is 5.91 Å². The highest BCUT2D eigenvalue weighted by molar-refractivity contribution is 7.80. The third-order valence-corrected chi connectivity index (χ3v) is 3.16. The van der Waals surface area contributed by atoms with Crippen molar-refractivity contribution in [2.75, 3.05) is 5.32 Å². The lowest BCUT2D eigenvalue weighted by atomic mass is 10.1. The lowest BCUT2D eigenvalue weighted by Crippen LogP contribution is -2.15. The Kier molecular flexibility index (Phi) is 4.10. The van der Waals surface area contributed by atoms with Gasteiger partial charge in [0.1, 0.15) is 10.8 Å². The molecule has 0 aromatic heterocycles. The van der Waals surface area contributed by atoms with E-state index in [1.54, 1.807) is 43.3 Å². The fraction of sp³-hybridized carbons (Fsp3) is 0.0667. The molecule has 0 aliphatic carbocycles. The van der Waals surface area contributed by atoms with Crippen LogP contribution in [0, 0.1) is 12.7 Å². The molecule has 3 N–H and O–H groups in total. The third-order valence-electron chi connectivity index (χ3n) is 2.93. The Labute approximate surface area is 121 Å². The van der Waals surface area contributed by atoms with Gasteiger partial charge in [-0.1, -0.05) is 30.4 Å². The first kappa shape index (κ1) is 14.1. The minimum Gasteiger partial charge on any atom is -0.389 e. The molecule has 2 aromatic rings. The SMILES string of the molecule is Cc1c(F)cccc1NC(=O)c1cccc(C(N)=S)c1. The summed E-state index contributed by atoms with van der Waals surface area (Å²) < 4.78 is 13.4. The van der Waals surface area contributed by atoms with E-state index >= 15 is 0 Å². The van der Waals surface area contributed by atoms with Crippen molar-refractivity contribution in [3.05, 3.63) is 65.0 Å². The zero-order valence-electron chi connectivity index (χ0n) is 10.8. The topological polar surface area (TPSA) is 55.1 Å². The fourth-order valence-corrected chi connectivity index (χ4v) is 1.88. The van der Waals surface area contributed by atoms with Crippen LogP contribution in [0.15, 0.2) is 42.5 Å². The Morgan fingerprint density at radius 1 is 1.20 bits per heavy atom. The Hall–Kier alpha value is -2.27. The summed E-state index contributed by atoms with van der Waals surface area (Å²) >= 11 is 4.87. The number of nitrogens with one attached hydrogen (secondary N) is 1. The second kappa shape index (κ2) is 5.79. The van der Waals surface area contributed by atoms with E-state index in [9.17, 15) is 9.18 Å². The van der Waals surface area contributed by atoms with E-state index in [2.05, 4.69) is 5.32 Å². The van der Waals surface area contributed by atoms with Crippen LogP contribution < -0.4 is 11.1 Å². The zero-order chi connectivity index (χ0) is 14.7. The van der Waals surface area contributed by atoms with Gasteiger partial charge in [0, 0.05) is 22.4 Å². The number of hydrogen-bond acceptors (Lipinski definition) is 2. The summed E-state index contributed by atoms with van der Waals surface area (Å²) in [6.45, 7) is 1.61. The third kappa shape index (κ3) is 3.00. The number of benzene rings is 2. The zero-order valence-corrected chi connectivity index (χ0v) is 11.6. The van der Waals surface area contributed by atoms with Crippen molar-refractivity contribution in [3.8, 4) is 0 Å². The molecule has 0 saturated carbocycles. The van der Waals surface area contributed by atoms with Crippen molar-refractivity contribution in [2.45, 2.75) is 6.92 Å². The number of halogens is 1. The van der Waals surface area contributed by atoms with Gasteiger partial charge < -0.3 is 11.1 Å². The number of carbonyl (C=O) groups excluding carboxylic acids is 1. The molecular weight excluding hydrogens is 275 g/mol. The Bertz CT molecular complexity index is 685. The van der Waals surface area contributed by atoms with Gasteiger partial charge in [0.2, 0.25) is 0 Å². The largest absolute Gasteiger partial charge is 0.389 e. The molecule has 0 unspecified atom stereocenters. The molecule has 0 bridgehead atoms. The molecule has 0 spiro atoms. The van der Waals surface area contributed by atoms with Crippen LogP contribution in [0.1, 0.15) is 21.5 Å². The maximum atomic E-state index is 13.4. The molecule has 20 heavy (non-hydrogen) atoms. The molecule has 3 nitrogen and oxygen atoms in total. The number of hydrogen-bond donors (Lipinski definition) is 2. The van der Waals surface area contributed by atoms with Gasteiger partial charge in [0.05, 0.1) is 0 Å². The van der Waals surface area contributed by atoms with Crippen LogP contribution in [0.25, 0.3) is 0 Å². The molecule has 0 saturated heterocycles. The summed E-state index contributed by atoms with van der Waals surface area (Å²) in [5, 5.41) is 2.67. The Morgan fingerprint density at radius 3 is 2.55 bits per heavy atom. The van der Waals surface area contributed by atoms with Gasteiger partial charge in [-0.15, -0.1) is 0 Å². The number of carbonyl (C=O) groups is 1. The smallest absolute Gasteiger partial charge is 0.255 e. The first-order chi connectivity index (χ1) is 9.49. The standard InChI is InChI=1S/C15H13FN2OS/c1-9-12(16)6-3-7-13(9)18-15(19)11-5-2-4-10(8-11)14(17)20/h2-8H,1H3,(H2,17,20)(H,18,19). The average Bonchev–Trinajstić information content (AvgIpc) is 2.44. The molecule has 5 heteroatoms. The number of thiocarbonyl (C=S) groups is 1. The molecule has 1 amide bonds. The molecule has 2 aromatic carbocycles. The Morgan fingerprint density at radius 2 is 1.85 bits per heavy atom. The highest BCUT2D eigenvalue weighted by Gasteiger charge is 2.10. The maximum absolute atomic E-state index is 13.4. The predicted octanol–water partition coefficient (Wildman–Crippen LogP) is 3.02. The molecule has 0 atom stereocenters. The summed E-state index contributed by atoms with van der Waals surface area (Å²) in [5.74, 6) is -0.698. The molecule has 2 rings (SSSR count). The summed E-state index contributed by atoms with van der Waals surface area (Å²) in [7, 11) is 0. The van der Waals surface area contributed by atoms with Gasteiger partial charge in [0.15, 0.2) is 0 Å². The van der Waals surface area contributed by atoms with E-state index in [0.717, 1.165) is 0 Å². The highest BCUT2D eigenvalue weighted by Crippen LogP contribution is 2.18. The molecule has 102 valence electrons. The van der Waals surface area contributed by atoms with E-state index in [1.165, 1.54) is 6.07 Å². The second-order valence-electron chi connectivity index (χ2n) is 4.31. The van der Waals surface area contributed by atoms with E-state index in [4.69, 9.17) is 18.0 Å². The predicted molar refractivity (Wildman–Crippen MR) is 81.4 cm³/mol. The van der Waals surface area contributed by atoms with Crippen molar-refractivity contribution in [2.24, 2.45) is 5.73 Å². The number of rotatable bonds is 3. The first-order valence-corrected chi connectivity index (χ1v) is 6.36. The van der Waals surface area contributed by atoms with Gasteiger partial charge >= 0.3 is 0 Å². The number of nitrogens with two attached hydrogens (primary N) is 1. The monoisotopic (exact) mass is 288 g/mol. The first-order valence-electron chi connectivity index (χ1n) is 5.95. The average molecular weight is 288 g/mol. The van der Waals surface area contributed by atoms with Gasteiger partial charge in [-0.25, -0.2) is 4.39 Å². The molecular formula is C15H13FN2OS. The van der Waals surface area contributed by atoms with Crippen molar-refractivity contribution in [1.29, 1.82) is 0 Å². The second-order valence-corrected chi connectivity index (χ2v) is 4.75. The van der Waals surface area contributed by atoms with Gasteiger partial charge in [-0.3, -0.25) is 4.79 Å². The number of amides is 1. The van der Waals surface area contributed by atoms with E-state index < -0.39 is 0 Å².